The van der Waals surface area contributed by atoms with Crippen molar-refractivity contribution in [3.8, 4) is 0 Å². The van der Waals surface area contributed by atoms with Crippen LogP contribution in [0.2, 0.25) is 0 Å². The Bertz CT molecular complexity index is 867. The first-order valence-electron chi connectivity index (χ1n) is 8.65. The van der Waals surface area contributed by atoms with E-state index in [1.165, 1.54) is 15.8 Å². The molecule has 9 heteroatoms. The summed E-state index contributed by atoms with van der Waals surface area (Å²) in [5.74, 6) is -0.0857. The number of nitrogens with zero attached hydrogens (tertiary/aromatic N) is 2. The number of amides is 1. The Kier molecular flexibility index (Phi) is 4.40. The van der Waals surface area contributed by atoms with Crippen molar-refractivity contribution in [3.05, 3.63) is 29.2 Å². The van der Waals surface area contributed by atoms with Gasteiger partial charge in [-0.2, -0.15) is 4.31 Å². The van der Waals surface area contributed by atoms with Crippen LogP contribution in [0.1, 0.15) is 23.2 Å². The van der Waals surface area contributed by atoms with E-state index in [0.717, 1.165) is 24.2 Å². The molecule has 0 spiro atoms. The van der Waals surface area contributed by atoms with Gasteiger partial charge in [0, 0.05) is 37.5 Å². The molecular formula is C17H20N2O5S2. The van der Waals surface area contributed by atoms with Gasteiger partial charge >= 0.3 is 5.97 Å². The molecule has 2 heterocycles. The second kappa shape index (κ2) is 6.47. The zero-order chi connectivity index (χ0) is 18.5. The average molecular weight is 396 g/mol. The number of carbonyl (C=O) groups excluding carboxylic acids is 1. The third kappa shape index (κ3) is 2.97. The predicted octanol–water partition coefficient (Wildman–Crippen LogP) is 1.49. The van der Waals surface area contributed by atoms with E-state index in [1.54, 1.807) is 4.90 Å². The van der Waals surface area contributed by atoms with E-state index >= 15 is 0 Å². The number of piperazine rings is 1. The van der Waals surface area contributed by atoms with Crippen molar-refractivity contribution in [2.45, 2.75) is 17.1 Å². The highest BCUT2D eigenvalue weighted by atomic mass is 32.2. The predicted molar refractivity (Wildman–Crippen MR) is 95.5 cm³/mol. The average Bonchev–Trinajstić information content (AvgIpc) is 3.37. The Morgan fingerprint density at radius 3 is 2.38 bits per heavy atom. The van der Waals surface area contributed by atoms with Crippen LogP contribution in [-0.2, 0) is 14.8 Å². The standard InChI is InChI=1S/C17H20N2O5S2/c20-16(14-8-11-1-2-12(14)7-11)18-3-5-19(6-4-18)26(23,24)15-9-13(10-25-15)17(21)22/h1-2,9-12,14H,3-8H2,(H,21,22). The van der Waals surface area contributed by atoms with Crippen LogP contribution in [0.5, 0.6) is 0 Å². The molecule has 7 nitrogen and oxygen atoms in total. The van der Waals surface area contributed by atoms with Crippen LogP contribution in [0.25, 0.3) is 0 Å². The van der Waals surface area contributed by atoms with Crippen LogP contribution in [0.15, 0.2) is 27.8 Å². The van der Waals surface area contributed by atoms with E-state index < -0.39 is 16.0 Å². The lowest BCUT2D eigenvalue weighted by Gasteiger charge is -2.36. The first-order chi connectivity index (χ1) is 12.4. The van der Waals surface area contributed by atoms with E-state index in [0.29, 0.717) is 24.9 Å². The number of sulfonamides is 1. The van der Waals surface area contributed by atoms with Gasteiger partial charge in [0.2, 0.25) is 5.91 Å². The second-order valence-electron chi connectivity index (χ2n) is 7.08. The largest absolute Gasteiger partial charge is 0.478 e. The summed E-state index contributed by atoms with van der Waals surface area (Å²) >= 11 is 0.915. The number of hydrogen-bond donors (Lipinski definition) is 1. The number of allylic oxidation sites excluding steroid dienone is 2. The van der Waals surface area contributed by atoms with Crippen molar-refractivity contribution in [1.29, 1.82) is 0 Å². The van der Waals surface area contributed by atoms with Gasteiger partial charge in [0.15, 0.2) is 0 Å². The highest BCUT2D eigenvalue weighted by Crippen LogP contribution is 2.44. The number of rotatable bonds is 4. The molecular weight excluding hydrogens is 376 g/mol. The molecule has 2 bridgehead atoms. The van der Waals surface area contributed by atoms with Gasteiger partial charge in [-0.15, -0.1) is 11.3 Å². The van der Waals surface area contributed by atoms with Crippen molar-refractivity contribution >= 4 is 33.2 Å². The van der Waals surface area contributed by atoms with Crippen LogP contribution in [0.4, 0.5) is 0 Å². The third-order valence-electron chi connectivity index (χ3n) is 5.56. The van der Waals surface area contributed by atoms with Crippen molar-refractivity contribution in [1.82, 2.24) is 9.21 Å². The molecule has 1 amide bonds. The number of hydrogen-bond acceptors (Lipinski definition) is 5. The number of carboxylic acids is 1. The fourth-order valence-electron chi connectivity index (χ4n) is 4.14. The van der Waals surface area contributed by atoms with Crippen molar-refractivity contribution in [2.75, 3.05) is 26.2 Å². The maximum absolute atomic E-state index is 12.8. The van der Waals surface area contributed by atoms with Gasteiger partial charge in [0.1, 0.15) is 4.21 Å². The summed E-state index contributed by atoms with van der Waals surface area (Å²) in [5.41, 5.74) is -0.0215. The number of thiophene rings is 1. The van der Waals surface area contributed by atoms with Crippen LogP contribution >= 0.6 is 11.3 Å². The molecule has 1 saturated heterocycles. The lowest BCUT2D eigenvalue weighted by atomic mass is 9.92. The Morgan fingerprint density at radius 1 is 1.12 bits per heavy atom. The van der Waals surface area contributed by atoms with E-state index in [-0.39, 0.29) is 34.7 Å². The molecule has 0 radical (unpaired) electrons. The summed E-state index contributed by atoms with van der Waals surface area (Å²) in [6.45, 7) is 1.25. The Hall–Kier alpha value is -1.71. The number of carboxylic acid groups (broad SMARTS) is 1. The fourth-order valence-corrected chi connectivity index (χ4v) is 6.87. The fraction of sp³-hybridized carbons (Fsp3) is 0.529. The smallest absolute Gasteiger partial charge is 0.336 e. The van der Waals surface area contributed by atoms with Gasteiger partial charge < -0.3 is 10.0 Å². The monoisotopic (exact) mass is 396 g/mol. The molecule has 3 atom stereocenters. The lowest BCUT2D eigenvalue weighted by Crippen LogP contribution is -2.52. The topological polar surface area (TPSA) is 95.0 Å². The Balaban J connectivity index is 1.40. The highest BCUT2D eigenvalue weighted by Gasteiger charge is 2.42. The normalized spacial score (nSPS) is 28.6. The van der Waals surface area contributed by atoms with Crippen molar-refractivity contribution in [3.63, 3.8) is 0 Å². The van der Waals surface area contributed by atoms with Crippen LogP contribution < -0.4 is 0 Å². The summed E-state index contributed by atoms with van der Waals surface area (Å²) in [6, 6.07) is 1.20. The quantitative estimate of drug-likeness (QED) is 0.778. The molecule has 1 saturated carbocycles. The van der Waals surface area contributed by atoms with Gasteiger partial charge in [-0.1, -0.05) is 12.2 Å². The Labute approximate surface area is 156 Å². The maximum atomic E-state index is 12.8. The van der Waals surface area contributed by atoms with E-state index in [9.17, 15) is 18.0 Å². The summed E-state index contributed by atoms with van der Waals surface area (Å²) in [5, 5.41) is 10.3. The van der Waals surface area contributed by atoms with Crippen LogP contribution in [-0.4, -0.2) is 60.8 Å². The molecule has 0 aromatic carbocycles. The zero-order valence-corrected chi connectivity index (χ0v) is 15.7. The van der Waals surface area contributed by atoms with Crippen LogP contribution in [0.3, 0.4) is 0 Å². The molecule has 4 rings (SSSR count). The minimum absolute atomic E-state index is 0.0215. The second-order valence-corrected chi connectivity index (χ2v) is 10.2. The lowest BCUT2D eigenvalue weighted by molar-refractivity contribution is -0.137. The molecule has 26 heavy (non-hydrogen) atoms. The summed E-state index contributed by atoms with van der Waals surface area (Å²) in [6.07, 6.45) is 6.32. The maximum Gasteiger partial charge on any atom is 0.336 e. The minimum Gasteiger partial charge on any atom is -0.478 e. The van der Waals surface area contributed by atoms with Gasteiger partial charge in [0.05, 0.1) is 5.56 Å². The summed E-state index contributed by atoms with van der Waals surface area (Å²) < 4.78 is 26.8. The molecule has 1 N–H and O–H groups in total. The minimum atomic E-state index is -3.71. The molecule has 1 aliphatic heterocycles. The van der Waals surface area contributed by atoms with E-state index in [4.69, 9.17) is 5.11 Å². The van der Waals surface area contributed by atoms with Gasteiger partial charge in [-0.3, -0.25) is 4.79 Å². The van der Waals surface area contributed by atoms with Gasteiger partial charge in [-0.05, 0) is 30.7 Å². The van der Waals surface area contributed by atoms with Gasteiger partial charge in [0.25, 0.3) is 10.0 Å². The molecule has 3 aliphatic rings. The first kappa shape index (κ1) is 17.7. The summed E-state index contributed by atoms with van der Waals surface area (Å²) in [7, 11) is -3.71. The first-order valence-corrected chi connectivity index (χ1v) is 11.0. The zero-order valence-electron chi connectivity index (χ0n) is 14.1. The molecule has 2 aliphatic carbocycles. The van der Waals surface area contributed by atoms with E-state index in [2.05, 4.69) is 12.2 Å². The SMILES string of the molecule is O=C(O)c1csc(S(=O)(=O)N2CCN(C(=O)C3CC4C=CC3C4)CC2)c1. The Morgan fingerprint density at radius 2 is 1.85 bits per heavy atom. The molecule has 2 fully saturated rings. The van der Waals surface area contributed by atoms with Crippen molar-refractivity contribution in [2.24, 2.45) is 17.8 Å². The molecule has 140 valence electrons. The van der Waals surface area contributed by atoms with Crippen LogP contribution in [0, 0.1) is 17.8 Å². The van der Waals surface area contributed by atoms with Gasteiger partial charge in [-0.25, -0.2) is 13.2 Å². The number of aromatic carboxylic acids is 1. The number of carbonyl (C=O) groups is 2. The number of fused-ring (bicyclic) bond motifs is 2. The third-order valence-corrected chi connectivity index (χ3v) is 8.88. The van der Waals surface area contributed by atoms with Crippen molar-refractivity contribution < 1.29 is 23.1 Å². The highest BCUT2D eigenvalue weighted by molar-refractivity contribution is 7.91. The van der Waals surface area contributed by atoms with E-state index in [1.807, 2.05) is 0 Å². The molecule has 3 unspecified atom stereocenters. The summed E-state index contributed by atoms with van der Waals surface area (Å²) in [4.78, 5) is 25.5. The molecule has 1 aromatic heterocycles. The molecule has 1 aromatic rings.